The molecule has 28 heavy (non-hydrogen) atoms. The minimum absolute atomic E-state index is 0.382. The van der Waals surface area contributed by atoms with Gasteiger partial charge in [0.05, 0.1) is 31.3 Å². The Hall–Kier alpha value is -3.19. The zero-order valence-electron chi connectivity index (χ0n) is 16.1. The third-order valence-corrected chi connectivity index (χ3v) is 4.52. The lowest BCUT2D eigenvalue weighted by molar-refractivity contribution is 0.417. The fraction of sp³-hybridized carbons (Fsp3) is 0.190. The fourth-order valence-electron chi connectivity index (χ4n) is 2.86. The van der Waals surface area contributed by atoms with Gasteiger partial charge >= 0.3 is 0 Å². The van der Waals surface area contributed by atoms with Crippen LogP contribution in [0.25, 0.3) is 0 Å². The molecule has 3 aromatic rings. The van der Waals surface area contributed by atoms with Crippen molar-refractivity contribution in [3.63, 3.8) is 0 Å². The second-order valence-corrected chi connectivity index (χ2v) is 6.66. The Bertz CT molecular complexity index is 982. The van der Waals surface area contributed by atoms with Crippen molar-refractivity contribution in [1.29, 1.82) is 0 Å². The largest absolute Gasteiger partial charge is 0.495 e. The van der Waals surface area contributed by atoms with Crippen LogP contribution in [-0.4, -0.2) is 28.2 Å². The van der Waals surface area contributed by atoms with Crippen LogP contribution in [0, 0.1) is 13.8 Å². The summed E-state index contributed by atoms with van der Waals surface area (Å²) in [6, 6.07) is 17.8. The average molecular weight is 394 g/mol. The molecule has 6 nitrogen and oxygen atoms in total. The van der Waals surface area contributed by atoms with Crippen LogP contribution in [0.2, 0.25) is 0 Å². The molecule has 0 radical (unpaired) electrons. The van der Waals surface area contributed by atoms with E-state index in [-0.39, 0.29) is 0 Å². The number of ether oxygens (including phenoxy) is 1. The summed E-state index contributed by atoms with van der Waals surface area (Å²) in [5, 5.41) is 12.3. The molecule has 0 spiro atoms. The summed E-state index contributed by atoms with van der Waals surface area (Å²) in [6.07, 6.45) is 1.75. The number of aryl methyl sites for hydroxylation is 1. The Kier molecular flexibility index (Phi) is 6.39. The number of aromatic nitrogens is 2. The van der Waals surface area contributed by atoms with Crippen molar-refractivity contribution in [1.82, 2.24) is 15.2 Å². The highest BCUT2D eigenvalue weighted by molar-refractivity contribution is 7.80. The van der Waals surface area contributed by atoms with Gasteiger partial charge in [-0.1, -0.05) is 42.5 Å². The zero-order chi connectivity index (χ0) is 19.9. The molecule has 3 rings (SSSR count). The van der Waals surface area contributed by atoms with Crippen molar-refractivity contribution >= 4 is 29.2 Å². The number of methoxy groups -OCH3 is 1. The number of hydrogen-bond acceptors (Lipinski definition) is 4. The standard InChI is InChI=1S/C21H23N5OS/c1-15-18(16(2)26(25-15)14-17-9-5-4-6-10-17)13-22-24-21(28)23-19-11-7-8-12-20(19)27-3/h4-13H,14H2,1-3H3,(H2,23,24,28)/b22-13-. The summed E-state index contributed by atoms with van der Waals surface area (Å²) in [5.41, 5.74) is 7.77. The maximum absolute atomic E-state index is 5.30. The van der Waals surface area contributed by atoms with Gasteiger partial charge in [-0.05, 0) is 43.8 Å². The highest BCUT2D eigenvalue weighted by atomic mass is 32.1. The number of benzene rings is 2. The summed E-state index contributed by atoms with van der Waals surface area (Å²) >= 11 is 5.30. The van der Waals surface area contributed by atoms with Gasteiger partial charge in [0, 0.05) is 11.3 Å². The highest BCUT2D eigenvalue weighted by Gasteiger charge is 2.10. The summed E-state index contributed by atoms with van der Waals surface area (Å²) in [4.78, 5) is 0. The monoisotopic (exact) mass is 393 g/mol. The van der Waals surface area contributed by atoms with Gasteiger partial charge in [0.1, 0.15) is 5.75 Å². The molecule has 0 aliphatic heterocycles. The third-order valence-electron chi connectivity index (χ3n) is 4.33. The first-order valence-corrected chi connectivity index (χ1v) is 9.30. The van der Waals surface area contributed by atoms with Crippen molar-refractivity contribution < 1.29 is 4.74 Å². The SMILES string of the molecule is COc1ccccc1NC(=S)N/N=C\c1c(C)nn(Cc2ccccc2)c1C. The molecule has 0 aliphatic carbocycles. The zero-order valence-corrected chi connectivity index (χ0v) is 17.0. The second-order valence-electron chi connectivity index (χ2n) is 6.25. The quantitative estimate of drug-likeness (QED) is 0.378. The number of para-hydroxylation sites is 2. The van der Waals surface area contributed by atoms with Gasteiger partial charge in [-0.3, -0.25) is 10.1 Å². The number of anilines is 1. The molecular weight excluding hydrogens is 370 g/mol. The Balaban J connectivity index is 1.65. The molecular formula is C21H23N5OS. The number of hydrazone groups is 1. The van der Waals surface area contributed by atoms with Crippen molar-refractivity contribution in [2.75, 3.05) is 12.4 Å². The Labute approximate surface area is 170 Å². The Morgan fingerprint density at radius 2 is 1.86 bits per heavy atom. The van der Waals surface area contributed by atoms with Crippen molar-refractivity contribution in [3.8, 4) is 5.75 Å². The van der Waals surface area contributed by atoms with E-state index < -0.39 is 0 Å². The van der Waals surface area contributed by atoms with Crippen LogP contribution in [0.1, 0.15) is 22.5 Å². The molecule has 0 unspecified atom stereocenters. The predicted molar refractivity (Wildman–Crippen MR) is 117 cm³/mol. The van der Waals surface area contributed by atoms with Crippen LogP contribution in [-0.2, 0) is 6.54 Å². The van der Waals surface area contributed by atoms with Gasteiger partial charge in [0.2, 0.25) is 0 Å². The molecule has 0 fully saturated rings. The highest BCUT2D eigenvalue weighted by Crippen LogP contribution is 2.22. The molecule has 7 heteroatoms. The minimum atomic E-state index is 0.382. The first-order valence-electron chi connectivity index (χ1n) is 8.89. The van der Waals surface area contributed by atoms with Crippen molar-refractivity contribution in [3.05, 3.63) is 77.1 Å². The van der Waals surface area contributed by atoms with E-state index >= 15 is 0 Å². The number of hydrogen-bond donors (Lipinski definition) is 2. The van der Waals surface area contributed by atoms with E-state index in [1.165, 1.54) is 5.56 Å². The van der Waals surface area contributed by atoms with Crippen LogP contribution in [0.4, 0.5) is 5.69 Å². The van der Waals surface area contributed by atoms with Crippen LogP contribution in [0.15, 0.2) is 59.7 Å². The van der Waals surface area contributed by atoms with Gasteiger partial charge in [-0.2, -0.15) is 10.2 Å². The normalized spacial score (nSPS) is 10.8. The van der Waals surface area contributed by atoms with E-state index in [0.29, 0.717) is 10.9 Å². The molecule has 2 N–H and O–H groups in total. The van der Waals surface area contributed by atoms with Gasteiger partial charge in [-0.25, -0.2) is 0 Å². The summed E-state index contributed by atoms with van der Waals surface area (Å²) in [5.74, 6) is 0.713. The van der Waals surface area contributed by atoms with Gasteiger partial charge in [-0.15, -0.1) is 0 Å². The summed E-state index contributed by atoms with van der Waals surface area (Å²) < 4.78 is 7.29. The molecule has 0 aliphatic rings. The van der Waals surface area contributed by atoms with E-state index in [1.54, 1.807) is 13.3 Å². The lowest BCUT2D eigenvalue weighted by atomic mass is 10.2. The number of nitrogens with one attached hydrogen (secondary N) is 2. The number of rotatable bonds is 6. The molecule has 0 bridgehead atoms. The molecule has 0 amide bonds. The molecule has 0 saturated heterocycles. The number of nitrogens with zero attached hydrogens (tertiary/aromatic N) is 3. The van der Waals surface area contributed by atoms with Gasteiger partial charge in [0.25, 0.3) is 0 Å². The topological polar surface area (TPSA) is 63.5 Å². The lowest BCUT2D eigenvalue weighted by Crippen LogP contribution is -2.24. The lowest BCUT2D eigenvalue weighted by Gasteiger charge is -2.10. The smallest absolute Gasteiger partial charge is 0.191 e. The van der Waals surface area contributed by atoms with E-state index in [4.69, 9.17) is 17.0 Å². The first-order chi connectivity index (χ1) is 13.6. The Morgan fingerprint density at radius 3 is 2.61 bits per heavy atom. The molecule has 0 saturated carbocycles. The van der Waals surface area contributed by atoms with Gasteiger partial charge < -0.3 is 10.1 Å². The number of thiocarbonyl (C=S) groups is 1. The second kappa shape index (κ2) is 9.14. The molecule has 1 aromatic heterocycles. The van der Waals surface area contributed by atoms with E-state index in [9.17, 15) is 0 Å². The fourth-order valence-corrected chi connectivity index (χ4v) is 3.02. The van der Waals surface area contributed by atoms with Crippen molar-refractivity contribution in [2.24, 2.45) is 5.10 Å². The van der Waals surface area contributed by atoms with E-state index in [0.717, 1.165) is 29.2 Å². The van der Waals surface area contributed by atoms with Crippen LogP contribution in [0.3, 0.4) is 0 Å². The van der Waals surface area contributed by atoms with E-state index in [1.807, 2.05) is 61.0 Å². The van der Waals surface area contributed by atoms with Crippen LogP contribution >= 0.6 is 12.2 Å². The average Bonchev–Trinajstić information content (AvgIpc) is 2.96. The first kappa shape index (κ1) is 19.6. The van der Waals surface area contributed by atoms with E-state index in [2.05, 4.69) is 33.1 Å². The van der Waals surface area contributed by atoms with Crippen molar-refractivity contribution in [2.45, 2.75) is 20.4 Å². The molecule has 0 atom stereocenters. The van der Waals surface area contributed by atoms with Crippen LogP contribution in [0.5, 0.6) is 5.75 Å². The predicted octanol–water partition coefficient (Wildman–Crippen LogP) is 3.88. The molecule has 144 valence electrons. The van der Waals surface area contributed by atoms with Crippen LogP contribution < -0.4 is 15.5 Å². The van der Waals surface area contributed by atoms with Gasteiger partial charge in [0.15, 0.2) is 5.11 Å². The molecule has 1 heterocycles. The summed E-state index contributed by atoms with van der Waals surface area (Å²) in [7, 11) is 1.62. The summed E-state index contributed by atoms with van der Waals surface area (Å²) in [6.45, 7) is 4.74. The third kappa shape index (κ3) is 4.75. The Morgan fingerprint density at radius 1 is 1.14 bits per heavy atom. The molecule has 2 aromatic carbocycles. The minimum Gasteiger partial charge on any atom is -0.495 e. The maximum Gasteiger partial charge on any atom is 0.191 e. The maximum atomic E-state index is 5.30.